The molecule has 1 aliphatic heterocycles. The number of benzene rings is 7. The minimum atomic E-state index is -0.0813. The predicted octanol–water partition coefficient (Wildman–Crippen LogP) is 14.4. The van der Waals surface area contributed by atoms with Gasteiger partial charge in [-0.25, -0.2) is 0 Å². The van der Waals surface area contributed by atoms with E-state index >= 15 is 0 Å². The van der Waals surface area contributed by atoms with Crippen molar-refractivity contribution in [1.29, 1.82) is 0 Å². The van der Waals surface area contributed by atoms with Gasteiger partial charge in [-0.1, -0.05) is 159 Å². The van der Waals surface area contributed by atoms with E-state index in [1.54, 1.807) is 0 Å². The third-order valence-corrected chi connectivity index (χ3v) is 12.7. The van der Waals surface area contributed by atoms with Crippen molar-refractivity contribution in [1.82, 2.24) is 0 Å². The van der Waals surface area contributed by atoms with Gasteiger partial charge in [0.15, 0.2) is 0 Å². The van der Waals surface area contributed by atoms with Crippen LogP contribution in [0.5, 0.6) is 0 Å². The molecule has 0 saturated carbocycles. The van der Waals surface area contributed by atoms with Crippen molar-refractivity contribution in [3.8, 4) is 33.4 Å². The Morgan fingerprint density at radius 1 is 0.491 bits per heavy atom. The normalized spacial score (nSPS) is 16.2. The average Bonchev–Trinajstić information content (AvgIpc) is 3.70. The minimum absolute atomic E-state index is 0.0813. The average molecular weight is 698 g/mol. The van der Waals surface area contributed by atoms with Gasteiger partial charge >= 0.3 is 0 Å². The number of hydrogen-bond acceptors (Lipinski definition) is 2. The lowest BCUT2D eigenvalue weighted by Gasteiger charge is -2.28. The zero-order valence-electron chi connectivity index (χ0n) is 30.0. The molecule has 1 atom stereocenters. The zero-order chi connectivity index (χ0) is 35.5. The summed E-state index contributed by atoms with van der Waals surface area (Å²) in [5.41, 5.74) is 17.8. The molecular weight excluding hydrogens is 659 g/mol. The molecule has 10 rings (SSSR count). The summed E-state index contributed by atoms with van der Waals surface area (Å²) in [6.45, 7) is 4.72. The Hall–Kier alpha value is -5.83. The van der Waals surface area contributed by atoms with Crippen LogP contribution in [0.15, 0.2) is 192 Å². The van der Waals surface area contributed by atoms with Crippen LogP contribution < -0.4 is 4.90 Å². The summed E-state index contributed by atoms with van der Waals surface area (Å²) < 4.78 is 0. The van der Waals surface area contributed by atoms with Crippen molar-refractivity contribution in [2.75, 3.05) is 4.90 Å². The van der Waals surface area contributed by atoms with E-state index in [1.165, 1.54) is 76.7 Å². The first kappa shape index (κ1) is 31.9. The van der Waals surface area contributed by atoms with Gasteiger partial charge in [-0.3, -0.25) is 0 Å². The SMILES string of the molecule is CC1(C)c2ccccc2-c2ccc(N(c3ccc(C4=CC=C5Sc6ccccc6C5C4)cc3)c3ccc(-c4cccc(-c5ccccc5)c4)cc3)cc21. The third kappa shape index (κ3) is 5.48. The van der Waals surface area contributed by atoms with Crippen molar-refractivity contribution < 1.29 is 0 Å². The number of fused-ring (bicyclic) bond motifs is 6. The first-order valence-electron chi connectivity index (χ1n) is 18.6. The largest absolute Gasteiger partial charge is 0.310 e. The zero-order valence-corrected chi connectivity index (χ0v) is 30.8. The third-order valence-electron chi connectivity index (χ3n) is 11.5. The molecule has 1 heterocycles. The van der Waals surface area contributed by atoms with Gasteiger partial charge in [0.2, 0.25) is 0 Å². The molecule has 254 valence electrons. The van der Waals surface area contributed by atoms with Crippen molar-refractivity contribution in [2.24, 2.45) is 0 Å². The fourth-order valence-corrected chi connectivity index (χ4v) is 9.89. The van der Waals surface area contributed by atoms with Gasteiger partial charge in [0.25, 0.3) is 0 Å². The first-order chi connectivity index (χ1) is 26.0. The highest BCUT2D eigenvalue weighted by Crippen LogP contribution is 2.54. The van der Waals surface area contributed by atoms with Crippen LogP contribution >= 0.6 is 11.8 Å². The highest BCUT2D eigenvalue weighted by Gasteiger charge is 2.36. The lowest BCUT2D eigenvalue weighted by Crippen LogP contribution is -2.16. The monoisotopic (exact) mass is 697 g/mol. The lowest BCUT2D eigenvalue weighted by molar-refractivity contribution is 0.660. The Labute approximate surface area is 317 Å². The molecule has 1 unspecified atom stereocenters. The molecule has 0 N–H and O–H groups in total. The van der Waals surface area contributed by atoms with Gasteiger partial charge in [0.05, 0.1) is 0 Å². The molecule has 7 aromatic rings. The van der Waals surface area contributed by atoms with Crippen molar-refractivity contribution in [3.63, 3.8) is 0 Å². The molecular formula is C51H39NS. The van der Waals surface area contributed by atoms with Gasteiger partial charge in [0, 0.05) is 33.3 Å². The number of nitrogens with zero attached hydrogens (tertiary/aromatic N) is 1. The van der Waals surface area contributed by atoms with Gasteiger partial charge in [0.1, 0.15) is 0 Å². The summed E-state index contributed by atoms with van der Waals surface area (Å²) in [6, 6.07) is 62.6. The number of thioether (sulfide) groups is 1. The first-order valence-corrected chi connectivity index (χ1v) is 19.4. The summed E-state index contributed by atoms with van der Waals surface area (Å²) in [6.07, 6.45) is 5.71. The van der Waals surface area contributed by atoms with Crippen LogP contribution in [0.25, 0.3) is 39.0 Å². The Kier molecular flexibility index (Phi) is 7.63. The topological polar surface area (TPSA) is 3.24 Å². The van der Waals surface area contributed by atoms with Crippen molar-refractivity contribution in [3.05, 3.63) is 209 Å². The van der Waals surface area contributed by atoms with Crippen LogP contribution in [0.2, 0.25) is 0 Å². The highest BCUT2D eigenvalue weighted by atomic mass is 32.2. The second-order valence-corrected chi connectivity index (χ2v) is 16.0. The molecule has 53 heavy (non-hydrogen) atoms. The van der Waals surface area contributed by atoms with Crippen LogP contribution in [0.3, 0.4) is 0 Å². The molecule has 2 heteroatoms. The lowest BCUT2D eigenvalue weighted by atomic mass is 9.82. The van der Waals surface area contributed by atoms with Gasteiger partial charge in [-0.05, 0) is 121 Å². The fourth-order valence-electron chi connectivity index (χ4n) is 8.67. The van der Waals surface area contributed by atoms with Crippen molar-refractivity contribution >= 4 is 34.4 Å². The molecule has 0 aromatic heterocycles. The summed E-state index contributed by atoms with van der Waals surface area (Å²) in [4.78, 5) is 5.29. The Balaban J connectivity index is 1.02. The van der Waals surface area contributed by atoms with Gasteiger partial charge in [-0.2, -0.15) is 0 Å². The van der Waals surface area contributed by atoms with E-state index < -0.39 is 0 Å². The summed E-state index contributed by atoms with van der Waals surface area (Å²) in [5, 5.41) is 0. The second-order valence-electron chi connectivity index (χ2n) is 14.9. The Morgan fingerprint density at radius 2 is 1.09 bits per heavy atom. The van der Waals surface area contributed by atoms with Crippen LogP contribution in [0, 0.1) is 0 Å². The van der Waals surface area contributed by atoms with Crippen LogP contribution in [0.4, 0.5) is 17.1 Å². The van der Waals surface area contributed by atoms with Crippen LogP contribution in [-0.2, 0) is 5.41 Å². The number of hydrogen-bond donors (Lipinski definition) is 0. The van der Waals surface area contributed by atoms with E-state index in [0.717, 1.165) is 17.8 Å². The van der Waals surface area contributed by atoms with Crippen LogP contribution in [0.1, 0.15) is 48.4 Å². The summed E-state index contributed by atoms with van der Waals surface area (Å²) >= 11 is 1.93. The predicted molar refractivity (Wildman–Crippen MR) is 225 cm³/mol. The molecule has 0 radical (unpaired) electrons. The standard InChI is InChI=1S/C51H39NS/c1-51(2)47-17-8-6-15-43(47)44-29-28-42(33-48(44)51)52(40-24-19-35(20-25-40)38-14-10-13-37(31-38)34-11-4-3-5-12-34)41-26-21-36(22-27-41)39-23-30-50-46(32-39)45-16-7-9-18-49(45)53-50/h3-31,33,46H,32H2,1-2H3. The van der Waals surface area contributed by atoms with Gasteiger partial charge in [-0.15, -0.1) is 0 Å². The molecule has 0 spiro atoms. The van der Waals surface area contributed by atoms with E-state index in [9.17, 15) is 0 Å². The Bertz CT molecular complexity index is 2570. The van der Waals surface area contributed by atoms with Crippen molar-refractivity contribution in [2.45, 2.75) is 36.5 Å². The highest BCUT2D eigenvalue weighted by molar-refractivity contribution is 8.03. The maximum Gasteiger partial charge on any atom is 0.0465 e. The number of rotatable bonds is 6. The Morgan fingerprint density at radius 3 is 1.87 bits per heavy atom. The maximum absolute atomic E-state index is 2.42. The van der Waals surface area contributed by atoms with Crippen LogP contribution in [-0.4, -0.2) is 0 Å². The molecule has 1 nitrogen and oxygen atoms in total. The van der Waals surface area contributed by atoms with E-state index in [2.05, 4.69) is 201 Å². The smallest absolute Gasteiger partial charge is 0.0465 e. The number of anilines is 3. The minimum Gasteiger partial charge on any atom is -0.310 e. The van der Waals surface area contributed by atoms with E-state index in [0.29, 0.717) is 5.92 Å². The molecule has 0 fully saturated rings. The molecule has 0 amide bonds. The molecule has 0 saturated heterocycles. The maximum atomic E-state index is 2.42. The fraction of sp³-hybridized carbons (Fsp3) is 0.0980. The molecule has 2 aliphatic carbocycles. The second kappa shape index (κ2) is 12.7. The molecule has 7 aromatic carbocycles. The molecule has 0 bridgehead atoms. The van der Waals surface area contributed by atoms with Gasteiger partial charge < -0.3 is 4.90 Å². The molecule has 3 aliphatic rings. The summed E-state index contributed by atoms with van der Waals surface area (Å²) in [5.74, 6) is 0.457. The van der Waals surface area contributed by atoms with E-state index in [4.69, 9.17) is 0 Å². The number of allylic oxidation sites excluding steroid dienone is 4. The summed E-state index contributed by atoms with van der Waals surface area (Å²) in [7, 11) is 0. The quantitative estimate of drug-likeness (QED) is 0.170. The van der Waals surface area contributed by atoms with E-state index in [-0.39, 0.29) is 5.41 Å². The van der Waals surface area contributed by atoms with E-state index in [1.807, 2.05) is 11.8 Å².